The first-order valence-electron chi connectivity index (χ1n) is 11.3. The van der Waals surface area contributed by atoms with Gasteiger partial charge in [0.15, 0.2) is 0 Å². The Labute approximate surface area is 176 Å². The molecular formula is C23H30N2O5. The molecule has 162 valence electrons. The molecular weight excluding hydrogens is 384 g/mol. The monoisotopic (exact) mass is 414 g/mol. The molecule has 4 bridgehead atoms. The number of esters is 1. The van der Waals surface area contributed by atoms with Crippen molar-refractivity contribution in [2.45, 2.75) is 44.6 Å². The fraction of sp³-hybridized carbons (Fsp3) is 0.696. The molecule has 1 aliphatic heterocycles. The van der Waals surface area contributed by atoms with E-state index in [1.54, 1.807) is 12.1 Å². The van der Waals surface area contributed by atoms with Gasteiger partial charge in [0, 0.05) is 31.8 Å². The van der Waals surface area contributed by atoms with Crippen molar-refractivity contribution < 1.29 is 19.2 Å². The van der Waals surface area contributed by atoms with Crippen molar-refractivity contribution in [1.29, 1.82) is 0 Å². The lowest BCUT2D eigenvalue weighted by atomic mass is 9.49. The van der Waals surface area contributed by atoms with E-state index >= 15 is 0 Å². The summed E-state index contributed by atoms with van der Waals surface area (Å²) in [5, 5.41) is 11.0. The maximum Gasteiger partial charge on any atom is 0.312 e. The van der Waals surface area contributed by atoms with Crippen LogP contribution in [0.1, 0.15) is 50.2 Å². The number of ether oxygens (including phenoxy) is 2. The molecule has 1 aromatic carbocycles. The highest BCUT2D eigenvalue weighted by atomic mass is 16.6. The Hall–Kier alpha value is -1.99. The molecule has 0 aromatic heterocycles. The van der Waals surface area contributed by atoms with E-state index in [1.165, 1.54) is 31.4 Å². The smallest absolute Gasteiger partial charge is 0.312 e. The summed E-state index contributed by atoms with van der Waals surface area (Å²) in [6.07, 6.45) is 6.36. The van der Waals surface area contributed by atoms with Gasteiger partial charge in [-0.05, 0) is 74.0 Å². The first kappa shape index (κ1) is 19.9. The second-order valence-electron chi connectivity index (χ2n) is 9.85. The zero-order valence-corrected chi connectivity index (χ0v) is 17.3. The van der Waals surface area contributed by atoms with Crippen molar-refractivity contribution in [3.05, 3.63) is 39.9 Å². The zero-order chi connectivity index (χ0) is 20.7. The summed E-state index contributed by atoms with van der Waals surface area (Å²) in [5.74, 6) is 2.00. The number of morpholine rings is 1. The Morgan fingerprint density at radius 3 is 2.20 bits per heavy atom. The third-order valence-corrected chi connectivity index (χ3v) is 7.72. The lowest BCUT2D eigenvalue weighted by Gasteiger charge is -2.55. The number of nitro groups is 1. The summed E-state index contributed by atoms with van der Waals surface area (Å²) in [6, 6.07) is 6.47. The minimum Gasteiger partial charge on any atom is -0.456 e. The second kappa shape index (κ2) is 7.93. The van der Waals surface area contributed by atoms with Gasteiger partial charge >= 0.3 is 5.97 Å². The number of nitro benzene ring substituents is 1. The van der Waals surface area contributed by atoms with Crippen LogP contribution in [0.2, 0.25) is 0 Å². The van der Waals surface area contributed by atoms with Crippen LogP contribution in [-0.4, -0.2) is 48.6 Å². The quantitative estimate of drug-likeness (QED) is 0.401. The van der Waals surface area contributed by atoms with Crippen molar-refractivity contribution in [2.24, 2.45) is 23.2 Å². The van der Waals surface area contributed by atoms with Crippen LogP contribution in [0.4, 0.5) is 5.69 Å². The lowest BCUT2D eigenvalue weighted by molar-refractivity contribution is -0.384. The Morgan fingerprint density at radius 1 is 1.10 bits per heavy atom. The molecule has 5 fully saturated rings. The van der Waals surface area contributed by atoms with Crippen LogP contribution in [0.3, 0.4) is 0 Å². The Balaban J connectivity index is 1.35. The third-order valence-electron chi connectivity index (χ3n) is 7.72. The fourth-order valence-corrected chi connectivity index (χ4v) is 6.65. The molecule has 1 saturated heterocycles. The van der Waals surface area contributed by atoms with E-state index < -0.39 is 11.0 Å². The minimum atomic E-state index is -0.413. The molecule has 7 heteroatoms. The second-order valence-corrected chi connectivity index (χ2v) is 9.85. The van der Waals surface area contributed by atoms with Crippen molar-refractivity contribution >= 4 is 11.7 Å². The minimum absolute atomic E-state index is 0.0433. The number of carbonyl (C=O) groups excluding carboxylic acids is 1. The van der Waals surface area contributed by atoms with E-state index in [-0.39, 0.29) is 17.1 Å². The number of nitrogens with zero attached hydrogens (tertiary/aromatic N) is 2. The highest BCUT2D eigenvalue weighted by molar-refractivity contribution is 5.78. The average molecular weight is 415 g/mol. The topological polar surface area (TPSA) is 81.9 Å². The molecule has 1 unspecified atom stereocenters. The Bertz CT molecular complexity index is 767. The number of rotatable bonds is 6. The van der Waals surface area contributed by atoms with Gasteiger partial charge in [0.25, 0.3) is 5.69 Å². The molecule has 1 atom stereocenters. The van der Waals surface area contributed by atoms with E-state index in [0.29, 0.717) is 37.5 Å². The average Bonchev–Trinajstić information content (AvgIpc) is 2.73. The highest BCUT2D eigenvalue weighted by Gasteiger charge is 2.55. The van der Waals surface area contributed by atoms with E-state index in [9.17, 15) is 14.9 Å². The molecule has 4 aliphatic carbocycles. The van der Waals surface area contributed by atoms with Crippen LogP contribution >= 0.6 is 0 Å². The third kappa shape index (κ3) is 3.85. The van der Waals surface area contributed by atoms with Gasteiger partial charge in [-0.25, -0.2) is 0 Å². The van der Waals surface area contributed by atoms with Crippen LogP contribution in [0.5, 0.6) is 0 Å². The van der Waals surface area contributed by atoms with E-state index in [1.807, 2.05) is 0 Å². The molecule has 6 rings (SSSR count). The summed E-state index contributed by atoms with van der Waals surface area (Å²) in [7, 11) is 0. The Morgan fingerprint density at radius 2 is 1.67 bits per heavy atom. The predicted molar refractivity (Wildman–Crippen MR) is 110 cm³/mol. The van der Waals surface area contributed by atoms with Crippen molar-refractivity contribution in [3.63, 3.8) is 0 Å². The van der Waals surface area contributed by atoms with Gasteiger partial charge in [-0.2, -0.15) is 0 Å². The van der Waals surface area contributed by atoms with Gasteiger partial charge in [0.2, 0.25) is 0 Å². The molecule has 0 amide bonds. The number of benzene rings is 1. The van der Waals surface area contributed by atoms with Crippen LogP contribution in [0, 0.1) is 33.3 Å². The highest BCUT2D eigenvalue weighted by Crippen LogP contribution is 2.60. The normalized spacial score (nSPS) is 33.9. The molecule has 1 aromatic rings. The molecule has 0 radical (unpaired) electrons. The van der Waals surface area contributed by atoms with Crippen LogP contribution in [0.25, 0.3) is 0 Å². The summed E-state index contributed by atoms with van der Waals surface area (Å²) >= 11 is 0. The van der Waals surface area contributed by atoms with Gasteiger partial charge in [-0.15, -0.1) is 0 Å². The first-order valence-corrected chi connectivity index (χ1v) is 11.3. The summed E-state index contributed by atoms with van der Waals surface area (Å²) < 4.78 is 11.7. The van der Waals surface area contributed by atoms with Crippen molar-refractivity contribution in [1.82, 2.24) is 4.90 Å². The summed E-state index contributed by atoms with van der Waals surface area (Å²) in [4.78, 5) is 26.4. The largest absolute Gasteiger partial charge is 0.456 e. The Kier molecular flexibility index (Phi) is 5.27. The number of non-ortho nitro benzene ring substituents is 1. The molecule has 5 aliphatic rings. The number of carbonyl (C=O) groups is 1. The van der Waals surface area contributed by atoms with E-state index in [0.717, 1.165) is 37.9 Å². The van der Waals surface area contributed by atoms with Crippen LogP contribution in [0.15, 0.2) is 24.3 Å². The molecule has 0 N–H and O–H groups in total. The first-order chi connectivity index (χ1) is 14.5. The molecule has 7 nitrogen and oxygen atoms in total. The summed E-state index contributed by atoms with van der Waals surface area (Å²) in [5.41, 5.74) is 0.570. The fourth-order valence-electron chi connectivity index (χ4n) is 6.65. The van der Waals surface area contributed by atoms with Gasteiger partial charge in [0.05, 0.1) is 23.6 Å². The standard InChI is InChI=1S/C23H30N2O5/c26-22(23-12-16-9-17(13-23)11-18(10-16)14-23)30-21(15-24-5-7-29-8-6-24)19-1-3-20(4-2-19)25(27)28/h1-4,16-18,21H,5-15H2. The molecule has 1 heterocycles. The van der Waals surface area contributed by atoms with Crippen LogP contribution < -0.4 is 0 Å². The van der Waals surface area contributed by atoms with E-state index in [2.05, 4.69) is 4.90 Å². The van der Waals surface area contributed by atoms with Crippen molar-refractivity contribution in [3.8, 4) is 0 Å². The lowest BCUT2D eigenvalue weighted by Crippen LogP contribution is -2.51. The van der Waals surface area contributed by atoms with Gasteiger partial charge in [-0.1, -0.05) is 0 Å². The van der Waals surface area contributed by atoms with Gasteiger partial charge < -0.3 is 9.47 Å². The summed E-state index contributed by atoms with van der Waals surface area (Å²) in [6.45, 7) is 3.56. The van der Waals surface area contributed by atoms with Gasteiger partial charge in [-0.3, -0.25) is 19.8 Å². The predicted octanol–water partition coefficient (Wildman–Crippen LogP) is 3.73. The maximum absolute atomic E-state index is 13.5. The molecule has 30 heavy (non-hydrogen) atoms. The maximum atomic E-state index is 13.5. The number of hydrogen-bond donors (Lipinski definition) is 0. The zero-order valence-electron chi connectivity index (χ0n) is 17.3. The number of hydrogen-bond acceptors (Lipinski definition) is 6. The SMILES string of the molecule is O=C(OC(CN1CCOCC1)c1ccc([N+](=O)[O-])cc1)C12CC3CC(CC(C3)C1)C2. The molecule has 0 spiro atoms. The van der Waals surface area contributed by atoms with Crippen molar-refractivity contribution in [2.75, 3.05) is 32.8 Å². The van der Waals surface area contributed by atoms with Gasteiger partial charge in [0.1, 0.15) is 6.10 Å². The molecule has 4 saturated carbocycles. The van der Waals surface area contributed by atoms with E-state index in [4.69, 9.17) is 9.47 Å². The van der Waals surface area contributed by atoms with Crippen LogP contribution in [-0.2, 0) is 14.3 Å².